The molecule has 0 atom stereocenters. The maximum Gasteiger partial charge on any atom is 0.262 e. The smallest absolute Gasteiger partial charge is 0.262 e. The highest BCUT2D eigenvalue weighted by Gasteiger charge is 2.22. The average Bonchev–Trinajstić information content (AvgIpc) is 2.83. The minimum absolute atomic E-state index is 0.233. The molecule has 3 aromatic carbocycles. The van der Waals surface area contributed by atoms with Gasteiger partial charge >= 0.3 is 0 Å². The Hall–Kier alpha value is -4.46. The van der Waals surface area contributed by atoms with Crippen LogP contribution in [0.5, 0.6) is 0 Å². The number of nitrogens with one attached hydrogen (secondary N) is 2. The number of nitrogens with two attached hydrogens (primary N) is 1. The van der Waals surface area contributed by atoms with E-state index in [1.54, 1.807) is 105 Å². The lowest BCUT2D eigenvalue weighted by atomic mass is 10.1. The standard InChI is InChI=1S/C26H28N6O2/c1-30(2)23(27)17-8-6-12-21(15-17)32(22-13-7-9-18(16-22)24(28)31(3)4)26(34)20-11-5-10-19(14-20)25(29)33/h5-16,27-28H,1-4H3,(H2,29,33). The van der Waals surface area contributed by atoms with Crippen molar-refractivity contribution in [1.82, 2.24) is 9.80 Å². The molecule has 3 aromatic rings. The number of anilines is 2. The van der Waals surface area contributed by atoms with Gasteiger partial charge in [-0.3, -0.25) is 25.3 Å². The van der Waals surface area contributed by atoms with Crippen molar-refractivity contribution in [2.45, 2.75) is 0 Å². The van der Waals surface area contributed by atoms with Gasteiger partial charge in [-0.25, -0.2) is 0 Å². The van der Waals surface area contributed by atoms with Crippen LogP contribution in [0.3, 0.4) is 0 Å². The molecule has 0 unspecified atom stereocenters. The van der Waals surface area contributed by atoms with Gasteiger partial charge in [0.2, 0.25) is 5.91 Å². The maximum atomic E-state index is 13.8. The lowest BCUT2D eigenvalue weighted by molar-refractivity contribution is 0.0998. The molecule has 0 aliphatic heterocycles. The average molecular weight is 457 g/mol. The topological polar surface area (TPSA) is 118 Å². The fraction of sp³-hybridized carbons (Fsp3) is 0.154. The Kier molecular flexibility index (Phi) is 7.11. The molecule has 0 spiro atoms. The monoisotopic (exact) mass is 456 g/mol. The van der Waals surface area contributed by atoms with Crippen molar-refractivity contribution in [2.24, 2.45) is 5.73 Å². The summed E-state index contributed by atoms with van der Waals surface area (Å²) in [6, 6.07) is 20.5. The van der Waals surface area contributed by atoms with Crippen LogP contribution in [0.15, 0.2) is 72.8 Å². The molecule has 0 aliphatic carbocycles. The summed E-state index contributed by atoms with van der Waals surface area (Å²) in [6.45, 7) is 0. The van der Waals surface area contributed by atoms with Crippen LogP contribution in [0.25, 0.3) is 0 Å². The Balaban J connectivity index is 2.18. The number of carbonyl (C=O) groups is 2. The zero-order valence-electron chi connectivity index (χ0n) is 19.7. The van der Waals surface area contributed by atoms with Crippen LogP contribution in [0.1, 0.15) is 31.8 Å². The lowest BCUT2D eigenvalue weighted by Crippen LogP contribution is -2.28. The predicted octanol–water partition coefficient (Wildman–Crippen LogP) is 3.54. The van der Waals surface area contributed by atoms with Crippen molar-refractivity contribution >= 4 is 34.9 Å². The molecule has 0 bridgehead atoms. The highest BCUT2D eigenvalue weighted by Crippen LogP contribution is 2.30. The Morgan fingerprint density at radius 3 is 1.50 bits per heavy atom. The number of benzene rings is 3. The van der Waals surface area contributed by atoms with E-state index in [1.807, 2.05) is 0 Å². The third kappa shape index (κ3) is 5.12. The second-order valence-corrected chi connectivity index (χ2v) is 8.17. The molecule has 3 rings (SSSR count). The summed E-state index contributed by atoms with van der Waals surface area (Å²) >= 11 is 0. The summed E-state index contributed by atoms with van der Waals surface area (Å²) in [5, 5.41) is 16.7. The van der Waals surface area contributed by atoms with E-state index in [1.165, 1.54) is 11.0 Å². The molecule has 2 amide bonds. The van der Waals surface area contributed by atoms with Gasteiger partial charge in [-0.2, -0.15) is 0 Å². The zero-order chi connectivity index (χ0) is 25.0. The quantitative estimate of drug-likeness (QED) is 0.388. The van der Waals surface area contributed by atoms with Crippen LogP contribution in [-0.2, 0) is 0 Å². The number of rotatable bonds is 6. The zero-order valence-corrected chi connectivity index (χ0v) is 19.7. The van der Waals surface area contributed by atoms with Crippen LogP contribution >= 0.6 is 0 Å². The van der Waals surface area contributed by atoms with Gasteiger partial charge in [0.25, 0.3) is 5.91 Å². The SMILES string of the molecule is CN(C)C(=N)c1cccc(N(C(=O)c2cccc(C(N)=O)c2)c2cccc(C(=N)N(C)C)c2)c1. The summed E-state index contributed by atoms with van der Waals surface area (Å²) in [5.41, 5.74) is 8.33. The van der Waals surface area contributed by atoms with Gasteiger partial charge in [-0.15, -0.1) is 0 Å². The molecule has 174 valence electrons. The number of amides is 2. The van der Waals surface area contributed by atoms with Gasteiger partial charge in [0.1, 0.15) is 11.7 Å². The predicted molar refractivity (Wildman–Crippen MR) is 135 cm³/mol. The summed E-state index contributed by atoms with van der Waals surface area (Å²) in [7, 11) is 7.13. The van der Waals surface area contributed by atoms with Gasteiger partial charge in [0, 0.05) is 61.8 Å². The van der Waals surface area contributed by atoms with Crippen LogP contribution in [-0.4, -0.2) is 61.5 Å². The van der Waals surface area contributed by atoms with Crippen LogP contribution in [0.4, 0.5) is 11.4 Å². The molecule has 0 aliphatic rings. The third-order valence-electron chi connectivity index (χ3n) is 5.25. The van der Waals surface area contributed by atoms with Crippen molar-refractivity contribution in [3.63, 3.8) is 0 Å². The van der Waals surface area contributed by atoms with Gasteiger partial charge in [-0.05, 0) is 42.5 Å². The largest absolute Gasteiger partial charge is 0.366 e. The molecule has 0 fully saturated rings. The third-order valence-corrected chi connectivity index (χ3v) is 5.25. The molecule has 0 saturated carbocycles. The second kappa shape index (κ2) is 9.99. The normalized spacial score (nSPS) is 10.4. The summed E-state index contributed by atoms with van der Waals surface area (Å²) < 4.78 is 0. The molecular formula is C26H28N6O2. The highest BCUT2D eigenvalue weighted by molar-refractivity contribution is 6.13. The Labute approximate surface area is 199 Å². The summed E-state index contributed by atoms with van der Waals surface area (Å²) in [6.07, 6.45) is 0. The van der Waals surface area contributed by atoms with Crippen molar-refractivity contribution < 1.29 is 9.59 Å². The first-order valence-corrected chi connectivity index (χ1v) is 10.6. The first-order valence-electron chi connectivity index (χ1n) is 10.6. The molecule has 0 radical (unpaired) electrons. The number of amidine groups is 2. The molecule has 4 N–H and O–H groups in total. The van der Waals surface area contributed by atoms with E-state index in [0.717, 1.165) is 0 Å². The molecule has 8 heteroatoms. The summed E-state index contributed by atoms with van der Waals surface area (Å²) in [5.74, 6) is -0.393. The van der Waals surface area contributed by atoms with Crippen molar-refractivity contribution in [1.29, 1.82) is 10.8 Å². The van der Waals surface area contributed by atoms with Gasteiger partial charge in [0.15, 0.2) is 0 Å². The number of nitrogens with zero attached hydrogens (tertiary/aromatic N) is 3. The first kappa shape index (κ1) is 24.2. The van der Waals surface area contributed by atoms with E-state index in [0.29, 0.717) is 34.2 Å². The van der Waals surface area contributed by atoms with E-state index >= 15 is 0 Å². The number of hydrogen-bond donors (Lipinski definition) is 3. The Bertz CT molecular complexity index is 1200. The lowest BCUT2D eigenvalue weighted by Gasteiger charge is -2.25. The van der Waals surface area contributed by atoms with Crippen LogP contribution in [0.2, 0.25) is 0 Å². The fourth-order valence-electron chi connectivity index (χ4n) is 3.42. The number of carbonyl (C=O) groups excluding carboxylic acids is 2. The van der Waals surface area contributed by atoms with E-state index in [4.69, 9.17) is 16.6 Å². The number of hydrogen-bond acceptors (Lipinski definition) is 4. The minimum Gasteiger partial charge on any atom is -0.366 e. The Morgan fingerprint density at radius 2 is 1.06 bits per heavy atom. The molecule has 0 saturated heterocycles. The van der Waals surface area contributed by atoms with Crippen molar-refractivity contribution in [3.8, 4) is 0 Å². The minimum atomic E-state index is -0.621. The first-order chi connectivity index (χ1) is 16.1. The molecule has 34 heavy (non-hydrogen) atoms. The summed E-state index contributed by atoms with van der Waals surface area (Å²) in [4.78, 5) is 30.4. The maximum absolute atomic E-state index is 13.8. The molecular weight excluding hydrogens is 428 g/mol. The van der Waals surface area contributed by atoms with Gasteiger partial charge in [0.05, 0.1) is 0 Å². The fourth-order valence-corrected chi connectivity index (χ4v) is 3.42. The molecule has 0 heterocycles. The van der Waals surface area contributed by atoms with Crippen LogP contribution in [0, 0.1) is 10.8 Å². The van der Waals surface area contributed by atoms with E-state index in [9.17, 15) is 9.59 Å². The molecule has 0 aromatic heterocycles. The second-order valence-electron chi connectivity index (χ2n) is 8.17. The van der Waals surface area contributed by atoms with Gasteiger partial charge in [-0.1, -0.05) is 30.3 Å². The van der Waals surface area contributed by atoms with E-state index in [-0.39, 0.29) is 17.0 Å². The molecule has 8 nitrogen and oxygen atoms in total. The van der Waals surface area contributed by atoms with Crippen molar-refractivity contribution in [2.75, 3.05) is 33.1 Å². The van der Waals surface area contributed by atoms with Crippen LogP contribution < -0.4 is 10.6 Å². The van der Waals surface area contributed by atoms with E-state index < -0.39 is 5.91 Å². The number of primary amides is 1. The Morgan fingerprint density at radius 1 is 0.647 bits per heavy atom. The van der Waals surface area contributed by atoms with E-state index in [2.05, 4.69) is 0 Å². The van der Waals surface area contributed by atoms with Crippen molar-refractivity contribution in [3.05, 3.63) is 95.1 Å². The highest BCUT2D eigenvalue weighted by atomic mass is 16.2. The van der Waals surface area contributed by atoms with Gasteiger partial charge < -0.3 is 15.5 Å².